The lowest BCUT2D eigenvalue weighted by molar-refractivity contribution is 0.122. The van der Waals surface area contributed by atoms with E-state index in [1.807, 2.05) is 19.9 Å². The molecule has 0 radical (unpaired) electrons. The number of halogens is 1. The molecule has 28 heavy (non-hydrogen) atoms. The van der Waals surface area contributed by atoms with Crippen molar-refractivity contribution < 1.29 is 13.9 Å². The third-order valence-corrected chi connectivity index (χ3v) is 4.56. The number of hydrogen-bond acceptors (Lipinski definition) is 6. The second kappa shape index (κ2) is 9.01. The molecule has 1 aliphatic heterocycles. The number of ether oxygens (including phenoxy) is 2. The first-order chi connectivity index (χ1) is 13.6. The smallest absolute Gasteiger partial charge is 0.167 e. The molecule has 2 aliphatic rings. The Kier molecular flexibility index (Phi) is 6.46. The number of morpholine rings is 1. The van der Waals surface area contributed by atoms with E-state index in [1.165, 1.54) is 12.1 Å². The van der Waals surface area contributed by atoms with Crippen LogP contribution in [0.15, 0.2) is 30.5 Å². The van der Waals surface area contributed by atoms with Crippen LogP contribution >= 0.6 is 0 Å². The minimum atomic E-state index is -0.491. The number of nitrogens with two attached hydrogens (primary N) is 1. The van der Waals surface area contributed by atoms with Crippen LogP contribution in [0.1, 0.15) is 37.8 Å². The molecule has 1 saturated heterocycles. The molecule has 150 valence electrons. The molecule has 0 spiro atoms. The number of nitrogen functional groups attached to an aromatic ring is 1. The van der Waals surface area contributed by atoms with E-state index in [9.17, 15) is 4.39 Å². The average molecular weight is 386 g/mol. The standard InChI is InChI=1S/C19H21FN4O2.C2H6/c20-15-11-16(21)14(10-17(15)26-13-1-2-13)19(22)12-3-4-23-18(9-12)24-5-7-25-8-6-24;1-2/h3-4,9-11,13,22H,1-2,5-8,21H2;1-2H3. The Morgan fingerprint density at radius 2 is 1.96 bits per heavy atom. The van der Waals surface area contributed by atoms with Gasteiger partial charge in [-0.1, -0.05) is 13.8 Å². The highest BCUT2D eigenvalue weighted by molar-refractivity contribution is 6.14. The Bertz CT molecular complexity index is 833. The molecular weight excluding hydrogens is 359 g/mol. The van der Waals surface area contributed by atoms with Gasteiger partial charge in [0, 0.05) is 42.2 Å². The molecule has 1 aliphatic carbocycles. The molecule has 6 nitrogen and oxygen atoms in total. The molecule has 0 amide bonds. The zero-order chi connectivity index (χ0) is 20.1. The van der Waals surface area contributed by atoms with E-state index in [0.29, 0.717) is 24.3 Å². The topological polar surface area (TPSA) is 84.5 Å². The van der Waals surface area contributed by atoms with Gasteiger partial charge < -0.3 is 20.1 Å². The van der Waals surface area contributed by atoms with Gasteiger partial charge in [-0.3, -0.25) is 5.41 Å². The van der Waals surface area contributed by atoms with Crippen LogP contribution in [0.2, 0.25) is 0 Å². The first-order valence-corrected chi connectivity index (χ1v) is 9.75. The number of nitrogens with zero attached hydrogens (tertiary/aromatic N) is 2. The van der Waals surface area contributed by atoms with E-state index in [1.54, 1.807) is 12.3 Å². The van der Waals surface area contributed by atoms with Crippen LogP contribution in [-0.4, -0.2) is 43.1 Å². The summed E-state index contributed by atoms with van der Waals surface area (Å²) in [4.78, 5) is 6.52. The number of anilines is 2. The van der Waals surface area contributed by atoms with Crippen LogP contribution in [0.4, 0.5) is 15.9 Å². The van der Waals surface area contributed by atoms with Crippen molar-refractivity contribution in [1.29, 1.82) is 5.41 Å². The van der Waals surface area contributed by atoms with Crippen molar-refractivity contribution in [2.45, 2.75) is 32.8 Å². The fraction of sp³-hybridized carbons (Fsp3) is 0.429. The highest BCUT2D eigenvalue weighted by atomic mass is 19.1. The summed E-state index contributed by atoms with van der Waals surface area (Å²) in [5, 5.41) is 8.56. The zero-order valence-electron chi connectivity index (χ0n) is 16.4. The van der Waals surface area contributed by atoms with Crippen molar-refractivity contribution in [3.05, 3.63) is 47.4 Å². The molecular formula is C21H27FN4O2. The molecule has 2 heterocycles. The van der Waals surface area contributed by atoms with Crippen LogP contribution < -0.4 is 15.4 Å². The zero-order valence-corrected chi connectivity index (χ0v) is 16.4. The van der Waals surface area contributed by atoms with Gasteiger partial charge in [-0.2, -0.15) is 0 Å². The van der Waals surface area contributed by atoms with Crippen molar-refractivity contribution in [3.8, 4) is 5.75 Å². The van der Waals surface area contributed by atoms with E-state index in [0.717, 1.165) is 31.7 Å². The van der Waals surface area contributed by atoms with Crippen LogP contribution in [0.3, 0.4) is 0 Å². The number of pyridine rings is 1. The summed E-state index contributed by atoms with van der Waals surface area (Å²) in [5.74, 6) is 0.462. The van der Waals surface area contributed by atoms with Crippen LogP contribution in [-0.2, 0) is 4.74 Å². The van der Waals surface area contributed by atoms with Crippen molar-refractivity contribution in [3.63, 3.8) is 0 Å². The molecule has 1 saturated carbocycles. The number of rotatable bonds is 5. The molecule has 0 atom stereocenters. The van der Waals surface area contributed by atoms with Gasteiger partial charge in [0.05, 0.1) is 25.0 Å². The van der Waals surface area contributed by atoms with Gasteiger partial charge in [0.1, 0.15) is 5.82 Å². The highest BCUT2D eigenvalue weighted by Crippen LogP contribution is 2.32. The highest BCUT2D eigenvalue weighted by Gasteiger charge is 2.26. The Hall–Kier alpha value is -2.67. The first-order valence-electron chi connectivity index (χ1n) is 9.75. The average Bonchev–Trinajstić information content (AvgIpc) is 3.56. The fourth-order valence-electron chi connectivity index (χ4n) is 2.94. The molecule has 4 rings (SSSR count). The lowest BCUT2D eigenvalue weighted by Crippen LogP contribution is -2.36. The summed E-state index contributed by atoms with van der Waals surface area (Å²) < 4.78 is 25.0. The largest absolute Gasteiger partial charge is 0.487 e. The number of nitrogens with one attached hydrogen (secondary N) is 1. The third kappa shape index (κ3) is 4.59. The number of benzene rings is 1. The van der Waals surface area contributed by atoms with Crippen molar-refractivity contribution >= 4 is 17.2 Å². The van der Waals surface area contributed by atoms with Gasteiger partial charge in [-0.05, 0) is 31.0 Å². The Labute approximate surface area is 165 Å². The van der Waals surface area contributed by atoms with E-state index < -0.39 is 5.82 Å². The monoisotopic (exact) mass is 386 g/mol. The summed E-state index contributed by atoms with van der Waals surface area (Å²) in [6.45, 7) is 6.86. The van der Waals surface area contributed by atoms with Crippen LogP contribution in [0.25, 0.3) is 0 Å². The Morgan fingerprint density at radius 1 is 1.25 bits per heavy atom. The van der Waals surface area contributed by atoms with E-state index in [4.69, 9.17) is 20.6 Å². The van der Waals surface area contributed by atoms with Crippen molar-refractivity contribution in [1.82, 2.24) is 4.98 Å². The summed E-state index contributed by atoms with van der Waals surface area (Å²) in [5.41, 5.74) is 7.56. The van der Waals surface area contributed by atoms with Gasteiger partial charge >= 0.3 is 0 Å². The van der Waals surface area contributed by atoms with Gasteiger partial charge in [0.15, 0.2) is 11.6 Å². The third-order valence-electron chi connectivity index (χ3n) is 4.56. The molecule has 0 bridgehead atoms. The Balaban J connectivity index is 0.00000109. The summed E-state index contributed by atoms with van der Waals surface area (Å²) in [7, 11) is 0. The predicted molar refractivity (Wildman–Crippen MR) is 109 cm³/mol. The first kappa shape index (κ1) is 20.1. The molecule has 7 heteroatoms. The maximum absolute atomic E-state index is 14.1. The predicted octanol–water partition coefficient (Wildman–Crippen LogP) is 3.62. The SMILES string of the molecule is CC.N=C(c1ccnc(N2CCOCC2)c1)c1cc(OC2CC2)c(F)cc1N. The molecule has 2 aromatic rings. The van der Waals surface area contributed by atoms with Crippen molar-refractivity contribution in [2.75, 3.05) is 36.9 Å². The maximum Gasteiger partial charge on any atom is 0.167 e. The summed E-state index contributed by atoms with van der Waals surface area (Å²) in [6.07, 6.45) is 3.62. The molecule has 2 fully saturated rings. The number of aromatic nitrogens is 1. The maximum atomic E-state index is 14.1. The van der Waals surface area contributed by atoms with E-state index in [-0.39, 0.29) is 23.3 Å². The summed E-state index contributed by atoms with van der Waals surface area (Å²) in [6, 6.07) is 6.38. The van der Waals surface area contributed by atoms with E-state index >= 15 is 0 Å². The molecule has 1 aromatic carbocycles. The second-order valence-electron chi connectivity index (χ2n) is 6.56. The van der Waals surface area contributed by atoms with Gasteiger partial charge in [0.2, 0.25) is 0 Å². The Morgan fingerprint density at radius 3 is 2.64 bits per heavy atom. The van der Waals surface area contributed by atoms with Gasteiger partial charge in [-0.15, -0.1) is 0 Å². The fourth-order valence-corrected chi connectivity index (χ4v) is 2.94. The summed E-state index contributed by atoms with van der Waals surface area (Å²) >= 11 is 0. The lowest BCUT2D eigenvalue weighted by atomic mass is 10.0. The van der Waals surface area contributed by atoms with Gasteiger partial charge in [0.25, 0.3) is 0 Å². The molecule has 3 N–H and O–H groups in total. The quantitative estimate of drug-likeness (QED) is 0.606. The van der Waals surface area contributed by atoms with Crippen molar-refractivity contribution in [2.24, 2.45) is 0 Å². The minimum absolute atomic E-state index is 0.0732. The normalized spacial score (nSPS) is 16.2. The molecule has 0 unspecified atom stereocenters. The minimum Gasteiger partial charge on any atom is -0.487 e. The molecule has 1 aromatic heterocycles. The van der Waals surface area contributed by atoms with Crippen LogP contribution in [0, 0.1) is 11.2 Å². The van der Waals surface area contributed by atoms with E-state index in [2.05, 4.69) is 9.88 Å². The van der Waals surface area contributed by atoms with Gasteiger partial charge in [-0.25, -0.2) is 9.37 Å². The number of hydrogen-bond donors (Lipinski definition) is 2. The second-order valence-corrected chi connectivity index (χ2v) is 6.56. The van der Waals surface area contributed by atoms with Crippen LogP contribution in [0.5, 0.6) is 5.75 Å². The lowest BCUT2D eigenvalue weighted by Gasteiger charge is -2.28.